The van der Waals surface area contributed by atoms with Crippen molar-refractivity contribution < 1.29 is 29.0 Å². The highest BCUT2D eigenvalue weighted by molar-refractivity contribution is 5.69. The molecule has 124 valence electrons. The lowest BCUT2D eigenvalue weighted by molar-refractivity contribution is -0.386. The van der Waals surface area contributed by atoms with Crippen molar-refractivity contribution in [2.75, 3.05) is 20.8 Å². The second-order valence-corrected chi connectivity index (χ2v) is 4.35. The molecule has 0 spiro atoms. The van der Waals surface area contributed by atoms with Crippen LogP contribution in [0.15, 0.2) is 12.1 Å². The highest BCUT2D eigenvalue weighted by Gasteiger charge is 2.28. The molecule has 0 aromatic heterocycles. The molecule has 0 radical (unpaired) electrons. The fourth-order valence-electron chi connectivity index (χ4n) is 1.77. The molecule has 0 bridgehead atoms. The second kappa shape index (κ2) is 8.55. The molecule has 23 heavy (non-hydrogen) atoms. The van der Waals surface area contributed by atoms with E-state index in [9.17, 15) is 20.0 Å². The lowest BCUT2D eigenvalue weighted by Crippen LogP contribution is -2.06. The van der Waals surface area contributed by atoms with Crippen LogP contribution in [0.25, 0.3) is 4.85 Å². The van der Waals surface area contributed by atoms with Crippen LogP contribution in [0.3, 0.4) is 0 Å². The number of benzene rings is 1. The number of carbonyl (C=O) groups excluding carboxylic acids is 1. The lowest BCUT2D eigenvalue weighted by atomic mass is 10.1. The summed E-state index contributed by atoms with van der Waals surface area (Å²) in [5, 5.41) is 20.7. The predicted octanol–water partition coefficient (Wildman–Crippen LogP) is 1.85. The number of rotatable bonds is 8. The van der Waals surface area contributed by atoms with Crippen LogP contribution in [-0.2, 0) is 9.53 Å². The molecule has 1 aromatic carbocycles. The van der Waals surface area contributed by atoms with Crippen LogP contribution in [0.5, 0.6) is 11.5 Å². The third kappa shape index (κ3) is 4.82. The number of ether oxygens (including phenoxy) is 3. The summed E-state index contributed by atoms with van der Waals surface area (Å²) in [7, 11) is 2.60. The van der Waals surface area contributed by atoms with Gasteiger partial charge in [0.15, 0.2) is 11.5 Å². The predicted molar refractivity (Wildman–Crippen MR) is 78.0 cm³/mol. The van der Waals surface area contributed by atoms with E-state index >= 15 is 0 Å². The van der Waals surface area contributed by atoms with Gasteiger partial charge in [0, 0.05) is 12.5 Å². The average Bonchev–Trinajstić information content (AvgIpc) is 2.56. The SMILES string of the molecule is [C-]#[N+]C(O)c1cc(OC)c(OCCCC(=O)OC)cc1[N+](=O)[O-]. The van der Waals surface area contributed by atoms with Gasteiger partial charge < -0.3 is 19.3 Å². The summed E-state index contributed by atoms with van der Waals surface area (Å²) in [5.74, 6) is -0.154. The van der Waals surface area contributed by atoms with Gasteiger partial charge in [-0.15, -0.1) is 0 Å². The van der Waals surface area contributed by atoms with E-state index in [4.69, 9.17) is 16.0 Å². The minimum atomic E-state index is -1.67. The van der Waals surface area contributed by atoms with Crippen LogP contribution in [0.4, 0.5) is 5.69 Å². The number of aliphatic hydroxyl groups is 1. The highest BCUT2D eigenvalue weighted by atomic mass is 16.6. The van der Waals surface area contributed by atoms with E-state index in [2.05, 4.69) is 9.58 Å². The van der Waals surface area contributed by atoms with Gasteiger partial charge in [-0.1, -0.05) is 0 Å². The first kappa shape index (κ1) is 18.2. The summed E-state index contributed by atoms with van der Waals surface area (Å²) >= 11 is 0. The molecule has 0 aliphatic heterocycles. The number of methoxy groups -OCH3 is 2. The van der Waals surface area contributed by atoms with Crippen molar-refractivity contribution in [1.82, 2.24) is 0 Å². The first-order valence-corrected chi connectivity index (χ1v) is 6.55. The van der Waals surface area contributed by atoms with Gasteiger partial charge in [0.2, 0.25) is 0 Å². The molecule has 1 atom stereocenters. The van der Waals surface area contributed by atoms with E-state index in [1.807, 2.05) is 0 Å². The summed E-state index contributed by atoms with van der Waals surface area (Å²) in [6.07, 6.45) is -1.16. The van der Waals surface area contributed by atoms with Gasteiger partial charge >= 0.3 is 12.2 Å². The number of carbonyl (C=O) groups is 1. The molecule has 9 heteroatoms. The van der Waals surface area contributed by atoms with Gasteiger partial charge in [0.25, 0.3) is 5.69 Å². The molecule has 1 rings (SSSR count). The molecule has 1 unspecified atom stereocenters. The molecule has 0 saturated carbocycles. The fraction of sp³-hybridized carbons (Fsp3) is 0.429. The van der Waals surface area contributed by atoms with E-state index in [1.165, 1.54) is 20.3 Å². The van der Waals surface area contributed by atoms with Crippen molar-refractivity contribution in [3.05, 3.63) is 39.2 Å². The first-order chi connectivity index (χ1) is 10.9. The van der Waals surface area contributed by atoms with Gasteiger partial charge in [-0.3, -0.25) is 19.8 Å². The van der Waals surface area contributed by atoms with E-state index in [-0.39, 0.29) is 36.1 Å². The number of nitrogens with zero attached hydrogens (tertiary/aromatic N) is 2. The van der Waals surface area contributed by atoms with Crippen molar-refractivity contribution in [3.8, 4) is 11.5 Å². The van der Waals surface area contributed by atoms with Crippen molar-refractivity contribution in [2.45, 2.75) is 19.1 Å². The third-order valence-corrected chi connectivity index (χ3v) is 2.92. The Balaban J connectivity index is 2.99. The maximum absolute atomic E-state index is 11.1. The van der Waals surface area contributed by atoms with E-state index in [0.717, 1.165) is 6.07 Å². The Labute approximate surface area is 132 Å². The van der Waals surface area contributed by atoms with Gasteiger partial charge in [0.1, 0.15) is 5.56 Å². The fourth-order valence-corrected chi connectivity index (χ4v) is 1.77. The zero-order valence-electron chi connectivity index (χ0n) is 12.6. The molecule has 0 aliphatic carbocycles. The van der Waals surface area contributed by atoms with Gasteiger partial charge in [-0.05, 0) is 6.42 Å². The normalized spacial score (nSPS) is 11.2. The van der Waals surface area contributed by atoms with Gasteiger partial charge in [-0.2, -0.15) is 0 Å². The minimum Gasteiger partial charge on any atom is -0.493 e. The van der Waals surface area contributed by atoms with E-state index in [0.29, 0.717) is 6.42 Å². The minimum absolute atomic E-state index is 0.0880. The topological polar surface area (TPSA) is 112 Å². The molecule has 0 fully saturated rings. The van der Waals surface area contributed by atoms with Crippen LogP contribution in [-0.4, -0.2) is 36.8 Å². The third-order valence-electron chi connectivity index (χ3n) is 2.92. The number of aliphatic hydroxyl groups excluding tert-OH is 1. The largest absolute Gasteiger partial charge is 0.493 e. The molecule has 1 aromatic rings. The molecular formula is C14H16N2O7. The molecule has 0 aliphatic rings. The zero-order valence-corrected chi connectivity index (χ0v) is 12.6. The van der Waals surface area contributed by atoms with Crippen LogP contribution in [0.1, 0.15) is 24.6 Å². The Morgan fingerprint density at radius 3 is 2.65 bits per heavy atom. The Kier molecular flexibility index (Phi) is 6.76. The van der Waals surface area contributed by atoms with E-state index < -0.39 is 16.8 Å². The number of hydrogen-bond donors (Lipinski definition) is 1. The maximum Gasteiger partial charge on any atom is 0.359 e. The Bertz CT molecular complexity index is 624. The molecule has 0 amide bonds. The zero-order chi connectivity index (χ0) is 17.4. The van der Waals surface area contributed by atoms with Crippen molar-refractivity contribution in [1.29, 1.82) is 0 Å². The quantitative estimate of drug-likeness (QED) is 0.255. The highest BCUT2D eigenvalue weighted by Crippen LogP contribution is 2.37. The lowest BCUT2D eigenvalue weighted by Gasteiger charge is -2.12. The summed E-state index contributed by atoms with van der Waals surface area (Å²) in [6.45, 7) is 6.91. The first-order valence-electron chi connectivity index (χ1n) is 6.55. The number of esters is 1. The Morgan fingerprint density at radius 2 is 2.13 bits per heavy atom. The maximum atomic E-state index is 11.1. The van der Waals surface area contributed by atoms with Crippen LogP contribution in [0, 0.1) is 16.7 Å². The van der Waals surface area contributed by atoms with Crippen molar-refractivity contribution in [3.63, 3.8) is 0 Å². The average molecular weight is 324 g/mol. The summed E-state index contributed by atoms with van der Waals surface area (Å²) < 4.78 is 14.9. The summed E-state index contributed by atoms with van der Waals surface area (Å²) in [6, 6.07) is 2.27. The number of nitro benzene ring substituents is 1. The summed E-state index contributed by atoms with van der Waals surface area (Å²) in [5.41, 5.74) is -0.624. The van der Waals surface area contributed by atoms with Crippen molar-refractivity contribution >= 4 is 11.7 Å². The summed E-state index contributed by atoms with van der Waals surface area (Å²) in [4.78, 5) is 24.2. The molecular weight excluding hydrogens is 308 g/mol. The van der Waals surface area contributed by atoms with Gasteiger partial charge in [-0.25, -0.2) is 6.57 Å². The van der Waals surface area contributed by atoms with Crippen LogP contribution < -0.4 is 9.47 Å². The monoisotopic (exact) mass is 324 g/mol. The Morgan fingerprint density at radius 1 is 1.43 bits per heavy atom. The molecule has 0 heterocycles. The van der Waals surface area contributed by atoms with Crippen LogP contribution >= 0.6 is 0 Å². The standard InChI is InChI=1S/C14H16N2O7/c1-15-14(18)9-7-11(21-2)12(8-10(9)16(19)20)23-6-4-5-13(17)22-3/h7-8,14,18H,4-6H2,2-3H3. The van der Waals surface area contributed by atoms with Crippen molar-refractivity contribution in [2.24, 2.45) is 0 Å². The van der Waals surface area contributed by atoms with E-state index in [1.54, 1.807) is 0 Å². The Hall–Kier alpha value is -2.86. The van der Waals surface area contributed by atoms with Gasteiger partial charge in [0.05, 0.1) is 31.8 Å². The molecule has 0 saturated heterocycles. The van der Waals surface area contributed by atoms with Crippen LogP contribution in [0.2, 0.25) is 0 Å². The molecule has 9 nitrogen and oxygen atoms in total. The second-order valence-electron chi connectivity index (χ2n) is 4.35. The number of hydrogen-bond acceptors (Lipinski definition) is 7. The molecule has 1 N–H and O–H groups in total. The smallest absolute Gasteiger partial charge is 0.359 e. The number of nitro groups is 1.